The van der Waals surface area contributed by atoms with Crippen molar-refractivity contribution in [3.8, 4) is 17.2 Å². The summed E-state index contributed by atoms with van der Waals surface area (Å²) in [5.74, 6) is 3.09. The van der Waals surface area contributed by atoms with Crippen molar-refractivity contribution in [1.29, 1.82) is 0 Å². The van der Waals surface area contributed by atoms with Gasteiger partial charge in [-0.05, 0) is 77.4 Å². The van der Waals surface area contributed by atoms with Crippen molar-refractivity contribution in [2.75, 3.05) is 14.2 Å². The Morgan fingerprint density at radius 1 is 0.958 bits per heavy atom. The van der Waals surface area contributed by atoms with Crippen LogP contribution in [0.1, 0.15) is 16.7 Å². The Bertz CT molecular complexity index is 822. The quantitative estimate of drug-likeness (QED) is 0.624. The van der Waals surface area contributed by atoms with E-state index in [0.717, 1.165) is 38.4 Å². The van der Waals surface area contributed by atoms with Crippen molar-refractivity contribution in [2.24, 2.45) is 0 Å². The zero-order chi connectivity index (χ0) is 17.1. The van der Waals surface area contributed by atoms with Crippen LogP contribution in [0.3, 0.4) is 0 Å². The molecule has 0 aromatic heterocycles. The summed E-state index contributed by atoms with van der Waals surface area (Å²) in [6.45, 7) is 2.08. The zero-order valence-corrected chi connectivity index (χ0v) is 16.1. The highest BCUT2D eigenvalue weighted by Gasteiger charge is 2.17. The fraction of sp³-hybridized carbons (Fsp3) is 0.200. The van der Waals surface area contributed by atoms with Gasteiger partial charge in [-0.15, -0.1) is 0 Å². The third kappa shape index (κ3) is 3.43. The lowest BCUT2D eigenvalue weighted by molar-refractivity contribution is 0.354. The molecule has 0 aliphatic heterocycles. The standard InChI is InChI=1S/C20H19IO3/c1-13-8-9-18(16(21)10-13)24-17-7-5-4-6-14-11-19(22-2)20(23-3)12-15(14)17/h4-5,7-12H,6H2,1-3H3. The highest BCUT2D eigenvalue weighted by molar-refractivity contribution is 14.1. The Kier molecular flexibility index (Phi) is 5.14. The minimum absolute atomic E-state index is 0.700. The number of benzene rings is 2. The van der Waals surface area contributed by atoms with E-state index in [2.05, 4.69) is 47.7 Å². The van der Waals surface area contributed by atoms with Gasteiger partial charge in [-0.2, -0.15) is 0 Å². The minimum atomic E-state index is 0.700. The molecule has 0 spiro atoms. The van der Waals surface area contributed by atoms with Gasteiger partial charge in [0, 0.05) is 5.56 Å². The number of fused-ring (bicyclic) bond motifs is 1. The van der Waals surface area contributed by atoms with Crippen LogP contribution in [-0.2, 0) is 6.42 Å². The van der Waals surface area contributed by atoms with Crippen LogP contribution in [0, 0.1) is 10.5 Å². The maximum absolute atomic E-state index is 6.23. The summed E-state index contributed by atoms with van der Waals surface area (Å²) in [7, 11) is 3.30. The molecule has 124 valence electrons. The first-order valence-electron chi connectivity index (χ1n) is 7.68. The number of aryl methyl sites for hydroxylation is 1. The summed E-state index contributed by atoms with van der Waals surface area (Å²) in [6, 6.07) is 10.2. The van der Waals surface area contributed by atoms with Gasteiger partial charge >= 0.3 is 0 Å². The Labute approximate surface area is 156 Å². The first kappa shape index (κ1) is 16.9. The summed E-state index contributed by atoms with van der Waals surface area (Å²) >= 11 is 2.30. The molecule has 0 bridgehead atoms. The van der Waals surface area contributed by atoms with Crippen molar-refractivity contribution in [1.82, 2.24) is 0 Å². The van der Waals surface area contributed by atoms with E-state index >= 15 is 0 Å². The van der Waals surface area contributed by atoms with E-state index < -0.39 is 0 Å². The molecule has 0 saturated carbocycles. The molecule has 0 N–H and O–H groups in total. The lowest BCUT2D eigenvalue weighted by atomic mass is 10.0. The summed E-state index contributed by atoms with van der Waals surface area (Å²) < 4.78 is 18.2. The van der Waals surface area contributed by atoms with Gasteiger partial charge < -0.3 is 14.2 Å². The van der Waals surface area contributed by atoms with Crippen molar-refractivity contribution >= 4 is 28.4 Å². The molecule has 0 saturated heterocycles. The van der Waals surface area contributed by atoms with Crippen molar-refractivity contribution < 1.29 is 14.2 Å². The third-order valence-corrected chi connectivity index (χ3v) is 4.75. The Balaban J connectivity index is 2.04. The molecule has 0 unspecified atom stereocenters. The number of ether oxygens (including phenoxy) is 3. The maximum atomic E-state index is 6.23. The number of methoxy groups -OCH3 is 2. The normalized spacial score (nSPS) is 12.9. The number of allylic oxidation sites excluding steroid dienone is 3. The monoisotopic (exact) mass is 434 g/mol. The number of rotatable bonds is 4. The maximum Gasteiger partial charge on any atom is 0.161 e. The molecule has 3 nitrogen and oxygen atoms in total. The van der Waals surface area contributed by atoms with E-state index in [4.69, 9.17) is 14.2 Å². The highest BCUT2D eigenvalue weighted by atomic mass is 127. The minimum Gasteiger partial charge on any atom is -0.493 e. The van der Waals surface area contributed by atoms with Gasteiger partial charge in [0.05, 0.1) is 17.8 Å². The predicted molar refractivity (Wildman–Crippen MR) is 105 cm³/mol. The molecule has 4 heteroatoms. The van der Waals surface area contributed by atoms with E-state index in [1.807, 2.05) is 30.4 Å². The molecule has 0 amide bonds. The zero-order valence-electron chi connectivity index (χ0n) is 13.9. The number of halogens is 1. The van der Waals surface area contributed by atoms with Crippen LogP contribution in [0.5, 0.6) is 17.2 Å². The number of hydrogen-bond acceptors (Lipinski definition) is 3. The van der Waals surface area contributed by atoms with Gasteiger partial charge in [-0.1, -0.05) is 18.2 Å². The summed E-state index contributed by atoms with van der Waals surface area (Å²) in [4.78, 5) is 0. The number of hydrogen-bond donors (Lipinski definition) is 0. The van der Waals surface area contributed by atoms with Gasteiger partial charge in [-0.25, -0.2) is 0 Å². The molecule has 24 heavy (non-hydrogen) atoms. The highest BCUT2D eigenvalue weighted by Crippen LogP contribution is 2.36. The molecule has 1 aliphatic rings. The molecule has 2 aromatic carbocycles. The van der Waals surface area contributed by atoms with Gasteiger partial charge in [0.1, 0.15) is 11.5 Å². The van der Waals surface area contributed by atoms with E-state index in [1.54, 1.807) is 14.2 Å². The summed E-state index contributed by atoms with van der Waals surface area (Å²) in [5, 5.41) is 0. The average Bonchev–Trinajstić information content (AvgIpc) is 2.78. The van der Waals surface area contributed by atoms with Gasteiger partial charge in [-0.3, -0.25) is 0 Å². The third-order valence-electron chi connectivity index (χ3n) is 3.90. The molecule has 0 radical (unpaired) electrons. The molecule has 0 atom stereocenters. The second kappa shape index (κ2) is 7.30. The molecular weight excluding hydrogens is 415 g/mol. The molecular formula is C20H19IO3. The fourth-order valence-corrected chi connectivity index (χ4v) is 3.44. The topological polar surface area (TPSA) is 27.7 Å². The van der Waals surface area contributed by atoms with E-state index in [9.17, 15) is 0 Å². The fourth-order valence-electron chi connectivity index (χ4n) is 2.66. The lowest BCUT2D eigenvalue weighted by Crippen LogP contribution is -2.02. The average molecular weight is 434 g/mol. The van der Waals surface area contributed by atoms with Crippen LogP contribution < -0.4 is 14.2 Å². The van der Waals surface area contributed by atoms with E-state index in [-0.39, 0.29) is 0 Å². The van der Waals surface area contributed by atoms with Crippen LogP contribution in [-0.4, -0.2) is 14.2 Å². The van der Waals surface area contributed by atoms with Crippen LogP contribution in [0.15, 0.2) is 48.6 Å². The van der Waals surface area contributed by atoms with Gasteiger partial charge in [0.25, 0.3) is 0 Å². The van der Waals surface area contributed by atoms with Crippen LogP contribution >= 0.6 is 22.6 Å². The van der Waals surface area contributed by atoms with Gasteiger partial charge in [0.15, 0.2) is 11.5 Å². The van der Waals surface area contributed by atoms with Crippen LogP contribution in [0.4, 0.5) is 0 Å². The molecule has 0 heterocycles. The SMILES string of the molecule is COc1cc2c(cc1OC)C(Oc1ccc(C)cc1I)=CC=CC2. The van der Waals surface area contributed by atoms with Crippen LogP contribution in [0.2, 0.25) is 0 Å². The Morgan fingerprint density at radius 3 is 2.42 bits per heavy atom. The molecule has 2 aromatic rings. The molecule has 0 fully saturated rings. The summed E-state index contributed by atoms with van der Waals surface area (Å²) in [5.41, 5.74) is 3.39. The summed E-state index contributed by atoms with van der Waals surface area (Å²) in [6.07, 6.45) is 6.95. The first-order valence-corrected chi connectivity index (χ1v) is 8.76. The van der Waals surface area contributed by atoms with Gasteiger partial charge in [0.2, 0.25) is 0 Å². The predicted octanol–water partition coefficient (Wildman–Crippen LogP) is 5.15. The Hall–Kier alpha value is -1.95. The van der Waals surface area contributed by atoms with Crippen molar-refractivity contribution in [3.63, 3.8) is 0 Å². The smallest absolute Gasteiger partial charge is 0.161 e. The van der Waals surface area contributed by atoms with Crippen molar-refractivity contribution in [3.05, 3.63) is 68.8 Å². The second-order valence-corrected chi connectivity index (χ2v) is 6.73. The lowest BCUT2D eigenvalue weighted by Gasteiger charge is -2.17. The largest absolute Gasteiger partial charge is 0.493 e. The molecule has 3 rings (SSSR count). The first-order chi connectivity index (χ1) is 11.6. The van der Waals surface area contributed by atoms with E-state index in [0.29, 0.717) is 5.75 Å². The van der Waals surface area contributed by atoms with Crippen molar-refractivity contribution in [2.45, 2.75) is 13.3 Å². The Morgan fingerprint density at radius 2 is 1.71 bits per heavy atom. The van der Waals surface area contributed by atoms with Crippen LogP contribution in [0.25, 0.3) is 5.76 Å². The second-order valence-electron chi connectivity index (χ2n) is 5.56. The van der Waals surface area contributed by atoms with E-state index in [1.165, 1.54) is 5.56 Å². The molecule has 1 aliphatic carbocycles.